The Labute approximate surface area is 128 Å². The fraction of sp³-hybridized carbons (Fsp3) is 0.611. The predicted molar refractivity (Wildman–Crippen MR) is 86.3 cm³/mol. The fourth-order valence-electron chi connectivity index (χ4n) is 2.53. The maximum Gasteiger partial charge on any atom is 0.335 e. The molecule has 0 aliphatic heterocycles. The summed E-state index contributed by atoms with van der Waals surface area (Å²) in [5.41, 5.74) is 1.39. The van der Waals surface area contributed by atoms with E-state index in [4.69, 9.17) is 9.84 Å². The van der Waals surface area contributed by atoms with E-state index in [0.717, 1.165) is 18.4 Å². The van der Waals surface area contributed by atoms with Crippen molar-refractivity contribution in [2.24, 2.45) is 0 Å². The summed E-state index contributed by atoms with van der Waals surface area (Å²) in [5, 5.41) is 8.97. The monoisotopic (exact) mass is 292 g/mol. The molecule has 0 radical (unpaired) electrons. The Hall–Kier alpha value is -1.51. The van der Waals surface area contributed by atoms with Crippen molar-refractivity contribution >= 4 is 5.97 Å². The summed E-state index contributed by atoms with van der Waals surface area (Å²) in [6, 6.07) is 5.15. The van der Waals surface area contributed by atoms with Crippen LogP contribution in [0.2, 0.25) is 0 Å². The number of rotatable bonds is 11. The van der Waals surface area contributed by atoms with Crippen molar-refractivity contribution in [3.63, 3.8) is 0 Å². The molecule has 0 atom stereocenters. The van der Waals surface area contributed by atoms with Gasteiger partial charge in [-0.1, -0.05) is 57.9 Å². The average molecular weight is 292 g/mol. The van der Waals surface area contributed by atoms with E-state index in [1.165, 1.54) is 44.9 Å². The SMILES string of the molecule is CCCCCCCCCCc1ccc(C(=O)O)cc1OC. The van der Waals surface area contributed by atoms with Crippen LogP contribution in [0, 0.1) is 0 Å². The van der Waals surface area contributed by atoms with Crippen LogP contribution in [0.1, 0.15) is 74.2 Å². The number of carbonyl (C=O) groups is 1. The van der Waals surface area contributed by atoms with E-state index < -0.39 is 5.97 Å². The van der Waals surface area contributed by atoms with Gasteiger partial charge in [0.2, 0.25) is 0 Å². The van der Waals surface area contributed by atoms with E-state index in [9.17, 15) is 4.79 Å². The molecule has 21 heavy (non-hydrogen) atoms. The van der Waals surface area contributed by atoms with Crippen molar-refractivity contribution in [2.45, 2.75) is 64.7 Å². The number of methoxy groups -OCH3 is 1. The molecule has 1 N–H and O–H groups in total. The Kier molecular flexibility index (Phi) is 8.56. The number of hydrogen-bond donors (Lipinski definition) is 1. The van der Waals surface area contributed by atoms with Crippen LogP contribution in [0.5, 0.6) is 5.75 Å². The van der Waals surface area contributed by atoms with Crippen LogP contribution in [0.25, 0.3) is 0 Å². The van der Waals surface area contributed by atoms with Gasteiger partial charge in [0.05, 0.1) is 12.7 Å². The zero-order chi connectivity index (χ0) is 15.5. The van der Waals surface area contributed by atoms with Crippen molar-refractivity contribution in [3.8, 4) is 5.75 Å². The Morgan fingerprint density at radius 3 is 2.24 bits per heavy atom. The lowest BCUT2D eigenvalue weighted by atomic mass is 10.0. The minimum atomic E-state index is -0.910. The second-order valence-electron chi connectivity index (χ2n) is 5.56. The Bertz CT molecular complexity index is 426. The molecule has 0 heterocycles. The quantitative estimate of drug-likeness (QED) is 0.579. The minimum absolute atomic E-state index is 0.284. The molecule has 0 bridgehead atoms. The second-order valence-corrected chi connectivity index (χ2v) is 5.56. The fourth-order valence-corrected chi connectivity index (χ4v) is 2.53. The third kappa shape index (κ3) is 6.65. The number of carboxylic acid groups (broad SMARTS) is 1. The molecule has 0 saturated carbocycles. The molecule has 1 rings (SSSR count). The van der Waals surface area contributed by atoms with Gasteiger partial charge in [0.15, 0.2) is 0 Å². The normalized spacial score (nSPS) is 10.6. The largest absolute Gasteiger partial charge is 0.496 e. The van der Waals surface area contributed by atoms with E-state index in [1.807, 2.05) is 6.07 Å². The first-order valence-corrected chi connectivity index (χ1v) is 8.09. The lowest BCUT2D eigenvalue weighted by Gasteiger charge is -2.09. The number of unbranched alkanes of at least 4 members (excludes halogenated alkanes) is 7. The number of benzene rings is 1. The van der Waals surface area contributed by atoms with Gasteiger partial charge >= 0.3 is 5.97 Å². The van der Waals surface area contributed by atoms with Crippen LogP contribution in [-0.4, -0.2) is 18.2 Å². The Morgan fingerprint density at radius 2 is 1.67 bits per heavy atom. The summed E-state index contributed by atoms with van der Waals surface area (Å²) in [5.74, 6) is -0.218. The highest BCUT2D eigenvalue weighted by Gasteiger charge is 2.08. The summed E-state index contributed by atoms with van der Waals surface area (Å²) in [4.78, 5) is 10.9. The standard InChI is InChI=1S/C18H28O3/c1-3-4-5-6-7-8-9-10-11-15-12-13-16(18(19)20)14-17(15)21-2/h12-14H,3-11H2,1-2H3,(H,19,20). The lowest BCUT2D eigenvalue weighted by Crippen LogP contribution is -1.99. The van der Waals surface area contributed by atoms with Gasteiger partial charge in [-0.3, -0.25) is 0 Å². The lowest BCUT2D eigenvalue weighted by molar-refractivity contribution is 0.0696. The highest BCUT2D eigenvalue weighted by Crippen LogP contribution is 2.22. The Morgan fingerprint density at radius 1 is 1.05 bits per heavy atom. The topological polar surface area (TPSA) is 46.5 Å². The van der Waals surface area contributed by atoms with Gasteiger partial charge in [-0.05, 0) is 30.5 Å². The van der Waals surface area contributed by atoms with Crippen molar-refractivity contribution in [1.82, 2.24) is 0 Å². The van der Waals surface area contributed by atoms with Crippen LogP contribution in [0.3, 0.4) is 0 Å². The van der Waals surface area contributed by atoms with Gasteiger partial charge in [-0.15, -0.1) is 0 Å². The van der Waals surface area contributed by atoms with Crippen LogP contribution < -0.4 is 4.74 Å². The van der Waals surface area contributed by atoms with Crippen LogP contribution in [0.15, 0.2) is 18.2 Å². The number of hydrogen-bond acceptors (Lipinski definition) is 2. The van der Waals surface area contributed by atoms with Gasteiger partial charge in [-0.25, -0.2) is 4.79 Å². The molecule has 3 heteroatoms. The van der Waals surface area contributed by atoms with Gasteiger partial charge < -0.3 is 9.84 Å². The first kappa shape index (κ1) is 17.5. The molecule has 0 saturated heterocycles. The average Bonchev–Trinajstić information content (AvgIpc) is 2.49. The van der Waals surface area contributed by atoms with E-state index >= 15 is 0 Å². The molecule has 0 aliphatic rings. The predicted octanol–water partition coefficient (Wildman–Crippen LogP) is 5.08. The molecule has 3 nitrogen and oxygen atoms in total. The molecule has 1 aromatic carbocycles. The van der Waals surface area contributed by atoms with Crippen molar-refractivity contribution in [2.75, 3.05) is 7.11 Å². The van der Waals surface area contributed by atoms with Gasteiger partial charge in [0.1, 0.15) is 5.75 Å². The van der Waals surface area contributed by atoms with Gasteiger partial charge in [0.25, 0.3) is 0 Å². The molecule has 118 valence electrons. The number of carboxylic acids is 1. The van der Waals surface area contributed by atoms with E-state index in [0.29, 0.717) is 5.75 Å². The summed E-state index contributed by atoms with van der Waals surface area (Å²) in [7, 11) is 1.60. The summed E-state index contributed by atoms with van der Waals surface area (Å²) in [6.45, 7) is 2.24. The maximum atomic E-state index is 10.9. The molecule has 0 amide bonds. The zero-order valence-corrected chi connectivity index (χ0v) is 13.4. The third-order valence-corrected chi connectivity index (χ3v) is 3.83. The van der Waals surface area contributed by atoms with Crippen molar-refractivity contribution in [1.29, 1.82) is 0 Å². The first-order valence-electron chi connectivity index (χ1n) is 8.09. The smallest absolute Gasteiger partial charge is 0.335 e. The molecule has 0 fully saturated rings. The number of ether oxygens (including phenoxy) is 1. The molecule has 0 aliphatic carbocycles. The molecular formula is C18H28O3. The zero-order valence-electron chi connectivity index (χ0n) is 13.4. The summed E-state index contributed by atoms with van der Waals surface area (Å²) >= 11 is 0. The second kappa shape index (κ2) is 10.3. The van der Waals surface area contributed by atoms with E-state index in [1.54, 1.807) is 19.2 Å². The van der Waals surface area contributed by atoms with Crippen LogP contribution in [0.4, 0.5) is 0 Å². The molecule has 0 aromatic heterocycles. The maximum absolute atomic E-state index is 10.9. The third-order valence-electron chi connectivity index (χ3n) is 3.83. The highest BCUT2D eigenvalue weighted by atomic mass is 16.5. The van der Waals surface area contributed by atoms with Crippen molar-refractivity contribution < 1.29 is 14.6 Å². The number of aromatic carboxylic acids is 1. The van der Waals surface area contributed by atoms with Crippen LogP contribution >= 0.6 is 0 Å². The van der Waals surface area contributed by atoms with E-state index in [2.05, 4.69) is 6.92 Å². The number of aryl methyl sites for hydroxylation is 1. The summed E-state index contributed by atoms with van der Waals surface area (Å²) < 4.78 is 5.30. The molecule has 1 aromatic rings. The first-order chi connectivity index (χ1) is 10.2. The van der Waals surface area contributed by atoms with Crippen LogP contribution in [-0.2, 0) is 6.42 Å². The minimum Gasteiger partial charge on any atom is -0.496 e. The molecule has 0 unspecified atom stereocenters. The highest BCUT2D eigenvalue weighted by molar-refractivity contribution is 5.88. The van der Waals surface area contributed by atoms with Gasteiger partial charge in [0, 0.05) is 0 Å². The van der Waals surface area contributed by atoms with Crippen molar-refractivity contribution in [3.05, 3.63) is 29.3 Å². The Balaban J connectivity index is 2.30. The molecular weight excluding hydrogens is 264 g/mol. The summed E-state index contributed by atoms with van der Waals surface area (Å²) in [6.07, 6.45) is 11.3. The van der Waals surface area contributed by atoms with E-state index in [-0.39, 0.29) is 5.56 Å². The van der Waals surface area contributed by atoms with Gasteiger partial charge in [-0.2, -0.15) is 0 Å². The molecule has 0 spiro atoms.